The fraction of sp³-hybridized carbons (Fsp3) is 0.368. The molecule has 0 spiro atoms. The van der Waals surface area contributed by atoms with Gasteiger partial charge in [-0.2, -0.15) is 9.97 Å². The first kappa shape index (κ1) is 18.4. The van der Waals surface area contributed by atoms with Gasteiger partial charge in [0.25, 0.3) is 0 Å². The average molecular weight is 370 g/mol. The summed E-state index contributed by atoms with van der Waals surface area (Å²) in [4.78, 5) is 13.0. The van der Waals surface area contributed by atoms with E-state index in [2.05, 4.69) is 20.1 Å². The summed E-state index contributed by atoms with van der Waals surface area (Å²) in [5, 5.41) is 14.4. The summed E-state index contributed by atoms with van der Waals surface area (Å²) in [6.45, 7) is 8.19. The van der Waals surface area contributed by atoms with Gasteiger partial charge in [-0.1, -0.05) is 67.5 Å². The van der Waals surface area contributed by atoms with E-state index >= 15 is 0 Å². The van der Waals surface area contributed by atoms with Crippen molar-refractivity contribution in [1.29, 1.82) is 0 Å². The lowest BCUT2D eigenvalue weighted by molar-refractivity contribution is 0.383. The monoisotopic (exact) mass is 370 g/mol. The van der Waals surface area contributed by atoms with Crippen molar-refractivity contribution in [2.24, 2.45) is 0 Å². The van der Waals surface area contributed by atoms with Gasteiger partial charge in [-0.3, -0.25) is 0 Å². The topological polar surface area (TPSA) is 84.9 Å². The summed E-state index contributed by atoms with van der Waals surface area (Å²) in [6, 6.07) is 9.61. The summed E-state index contributed by atoms with van der Waals surface area (Å²) < 4.78 is 5.32. The molecule has 136 valence electrons. The van der Waals surface area contributed by atoms with Crippen molar-refractivity contribution in [3.63, 3.8) is 0 Å². The third-order valence-electron chi connectivity index (χ3n) is 3.79. The first-order valence-corrected chi connectivity index (χ1v) is 9.41. The number of aromatic hydroxyl groups is 1. The number of rotatable bonds is 5. The molecule has 0 atom stereocenters. The molecule has 0 bridgehead atoms. The van der Waals surface area contributed by atoms with E-state index in [0.717, 1.165) is 11.3 Å². The van der Waals surface area contributed by atoms with Crippen molar-refractivity contribution >= 4 is 11.8 Å². The maximum atomic E-state index is 9.82. The molecule has 1 N–H and O–H groups in total. The fourth-order valence-corrected chi connectivity index (χ4v) is 3.05. The van der Waals surface area contributed by atoms with E-state index in [0.29, 0.717) is 29.0 Å². The Hall–Kier alpha value is -2.41. The molecule has 0 aliphatic carbocycles. The lowest BCUT2D eigenvalue weighted by atomic mass is 9.92. The third kappa shape index (κ3) is 4.60. The molecule has 2 aromatic heterocycles. The van der Waals surface area contributed by atoms with Crippen molar-refractivity contribution in [3.05, 3.63) is 47.5 Å². The van der Waals surface area contributed by atoms with Gasteiger partial charge in [0.05, 0.1) is 5.69 Å². The van der Waals surface area contributed by atoms with Crippen LogP contribution in [0.3, 0.4) is 0 Å². The van der Waals surface area contributed by atoms with E-state index in [9.17, 15) is 5.11 Å². The summed E-state index contributed by atoms with van der Waals surface area (Å²) in [5.41, 5.74) is 2.79. The Morgan fingerprint density at radius 1 is 1.08 bits per heavy atom. The van der Waals surface area contributed by atoms with Crippen LogP contribution < -0.4 is 0 Å². The molecule has 0 saturated carbocycles. The molecule has 0 unspecified atom stereocenters. The quantitative estimate of drug-likeness (QED) is 0.533. The van der Waals surface area contributed by atoms with Gasteiger partial charge in [-0.05, 0) is 6.92 Å². The van der Waals surface area contributed by atoms with Gasteiger partial charge in [0.2, 0.25) is 17.6 Å². The summed E-state index contributed by atoms with van der Waals surface area (Å²) in [6.07, 6.45) is 0.605. The standard InChI is InChI=1S/C19H22N4O2S/c1-12-5-7-13(8-6-12)17-22-16(25-23-17)9-10-26-18-20-14(19(2,3)4)11-15(24)21-18/h5-8,11H,9-10H2,1-4H3,(H,20,21,24). The minimum atomic E-state index is -0.148. The molecule has 3 rings (SSSR count). The number of nitrogens with zero attached hydrogens (tertiary/aromatic N) is 4. The summed E-state index contributed by atoms with van der Waals surface area (Å²) >= 11 is 1.46. The maximum Gasteiger partial charge on any atom is 0.227 e. The van der Waals surface area contributed by atoms with Crippen LogP contribution >= 0.6 is 11.8 Å². The van der Waals surface area contributed by atoms with Crippen LogP contribution in [0.25, 0.3) is 11.4 Å². The van der Waals surface area contributed by atoms with E-state index in [1.54, 1.807) is 6.07 Å². The minimum absolute atomic E-state index is 0.00753. The normalized spacial score (nSPS) is 11.7. The van der Waals surface area contributed by atoms with Gasteiger partial charge in [0.15, 0.2) is 5.16 Å². The molecule has 6 nitrogen and oxygen atoms in total. The molecule has 3 aromatic rings. The highest BCUT2D eigenvalue weighted by molar-refractivity contribution is 7.99. The van der Waals surface area contributed by atoms with Crippen LogP contribution in [0.4, 0.5) is 0 Å². The van der Waals surface area contributed by atoms with Crippen LogP contribution in [0, 0.1) is 6.92 Å². The Morgan fingerprint density at radius 3 is 2.50 bits per heavy atom. The van der Waals surface area contributed by atoms with Crippen LogP contribution in [0.1, 0.15) is 37.9 Å². The van der Waals surface area contributed by atoms with Crippen molar-refractivity contribution in [3.8, 4) is 17.3 Å². The molecule has 0 saturated heterocycles. The van der Waals surface area contributed by atoms with Gasteiger partial charge in [0, 0.05) is 29.2 Å². The van der Waals surface area contributed by atoms with Crippen LogP contribution in [-0.4, -0.2) is 31.0 Å². The van der Waals surface area contributed by atoms with E-state index in [1.165, 1.54) is 17.3 Å². The fourth-order valence-electron chi connectivity index (χ4n) is 2.27. The second kappa shape index (κ2) is 7.45. The third-order valence-corrected chi connectivity index (χ3v) is 4.63. The van der Waals surface area contributed by atoms with Gasteiger partial charge >= 0.3 is 0 Å². The first-order chi connectivity index (χ1) is 12.3. The minimum Gasteiger partial charge on any atom is -0.493 e. The van der Waals surface area contributed by atoms with Crippen molar-refractivity contribution in [2.75, 3.05) is 5.75 Å². The van der Waals surface area contributed by atoms with Gasteiger partial charge in [0.1, 0.15) is 0 Å². The molecule has 0 radical (unpaired) electrons. The zero-order chi connectivity index (χ0) is 18.7. The highest BCUT2D eigenvalue weighted by Crippen LogP contribution is 2.26. The molecule has 0 aliphatic heterocycles. The van der Waals surface area contributed by atoms with E-state index < -0.39 is 0 Å². The van der Waals surface area contributed by atoms with E-state index in [4.69, 9.17) is 4.52 Å². The van der Waals surface area contributed by atoms with Gasteiger partial charge < -0.3 is 9.63 Å². The number of hydrogen-bond acceptors (Lipinski definition) is 7. The first-order valence-electron chi connectivity index (χ1n) is 8.42. The Morgan fingerprint density at radius 2 is 1.81 bits per heavy atom. The van der Waals surface area contributed by atoms with E-state index in [1.807, 2.05) is 52.0 Å². The molecule has 26 heavy (non-hydrogen) atoms. The second-order valence-electron chi connectivity index (χ2n) is 7.12. The average Bonchev–Trinajstić information content (AvgIpc) is 3.03. The highest BCUT2D eigenvalue weighted by atomic mass is 32.2. The van der Waals surface area contributed by atoms with Gasteiger partial charge in [-0.15, -0.1) is 0 Å². The number of thioether (sulfide) groups is 1. The van der Waals surface area contributed by atoms with Crippen molar-refractivity contribution < 1.29 is 9.63 Å². The number of hydrogen-bond donors (Lipinski definition) is 1. The lowest BCUT2D eigenvalue weighted by Crippen LogP contribution is -2.14. The predicted octanol–water partition coefficient (Wildman–Crippen LogP) is 4.17. The Balaban J connectivity index is 1.62. The highest BCUT2D eigenvalue weighted by Gasteiger charge is 2.18. The zero-order valence-electron chi connectivity index (χ0n) is 15.4. The Bertz CT molecular complexity index is 885. The smallest absolute Gasteiger partial charge is 0.227 e. The van der Waals surface area contributed by atoms with Crippen LogP contribution in [0.5, 0.6) is 5.88 Å². The number of aryl methyl sites for hydroxylation is 2. The molecular formula is C19H22N4O2S. The van der Waals surface area contributed by atoms with Crippen molar-refractivity contribution in [2.45, 2.75) is 44.7 Å². The molecule has 0 fully saturated rings. The molecule has 0 amide bonds. The number of benzene rings is 1. The largest absolute Gasteiger partial charge is 0.493 e. The SMILES string of the molecule is Cc1ccc(-c2noc(CCSc3nc(O)cc(C(C)(C)C)n3)n2)cc1. The molecule has 2 heterocycles. The van der Waals surface area contributed by atoms with Crippen LogP contribution in [0.2, 0.25) is 0 Å². The number of aromatic nitrogens is 4. The predicted molar refractivity (Wildman–Crippen MR) is 101 cm³/mol. The van der Waals surface area contributed by atoms with E-state index in [-0.39, 0.29) is 11.3 Å². The van der Waals surface area contributed by atoms with Crippen LogP contribution in [-0.2, 0) is 11.8 Å². The van der Waals surface area contributed by atoms with Gasteiger partial charge in [-0.25, -0.2) is 4.98 Å². The Labute approximate surface area is 157 Å². The zero-order valence-corrected chi connectivity index (χ0v) is 16.2. The molecule has 0 aliphatic rings. The van der Waals surface area contributed by atoms with Crippen molar-refractivity contribution in [1.82, 2.24) is 20.1 Å². The Kier molecular flexibility index (Phi) is 5.27. The van der Waals surface area contributed by atoms with Crippen LogP contribution in [0.15, 0.2) is 40.0 Å². The summed E-state index contributed by atoms with van der Waals surface area (Å²) in [7, 11) is 0. The molecule has 1 aromatic carbocycles. The maximum absolute atomic E-state index is 9.82. The molecular weight excluding hydrogens is 348 g/mol. The second-order valence-corrected chi connectivity index (χ2v) is 8.18. The molecule has 7 heteroatoms. The lowest BCUT2D eigenvalue weighted by Gasteiger charge is -2.18. The summed E-state index contributed by atoms with van der Waals surface area (Å²) in [5.74, 6) is 1.84.